The van der Waals surface area contributed by atoms with Gasteiger partial charge in [0, 0.05) is 5.75 Å². The molecule has 96 valence electrons. The van der Waals surface area contributed by atoms with E-state index < -0.39 is 15.7 Å². The first-order valence-electron chi connectivity index (χ1n) is 5.03. The third kappa shape index (κ3) is 2.59. The minimum absolute atomic E-state index is 0.212. The smallest absolute Gasteiger partial charge is 0.341 e. The minimum Gasteiger partial charge on any atom is -0.358 e. The zero-order valence-electron chi connectivity index (χ0n) is 9.32. The fourth-order valence-corrected chi connectivity index (χ4v) is 3.25. The lowest BCUT2D eigenvalue weighted by atomic mass is 10.6. The molecule has 1 atom stereocenters. The summed E-state index contributed by atoms with van der Waals surface area (Å²) in [6.45, 7) is 1.93. The maximum Gasteiger partial charge on any atom is 0.341 e. The standard InChI is InChI=1S/C8H9N5O3S2/c1-2-3-18(16)8-12-11-7(17-8)6-9-4-5(10-6)13(14)15/h4H,2-3H2,1H3,(H,9,10). The van der Waals surface area contributed by atoms with E-state index in [-0.39, 0.29) is 11.6 Å². The molecule has 1 unspecified atom stereocenters. The van der Waals surface area contributed by atoms with Crippen molar-refractivity contribution in [3.63, 3.8) is 0 Å². The average Bonchev–Trinajstić information content (AvgIpc) is 2.98. The van der Waals surface area contributed by atoms with Crippen molar-refractivity contribution in [1.29, 1.82) is 0 Å². The number of nitrogens with zero attached hydrogens (tertiary/aromatic N) is 4. The number of imidazole rings is 1. The largest absolute Gasteiger partial charge is 0.358 e. The Morgan fingerprint density at radius 2 is 2.33 bits per heavy atom. The summed E-state index contributed by atoms with van der Waals surface area (Å²) in [5.74, 6) is 0.572. The van der Waals surface area contributed by atoms with Crippen molar-refractivity contribution >= 4 is 28.0 Å². The van der Waals surface area contributed by atoms with Gasteiger partial charge in [-0.1, -0.05) is 18.3 Å². The molecule has 2 aromatic rings. The molecule has 0 saturated carbocycles. The van der Waals surface area contributed by atoms with E-state index >= 15 is 0 Å². The van der Waals surface area contributed by atoms with Gasteiger partial charge < -0.3 is 10.1 Å². The van der Waals surface area contributed by atoms with Crippen molar-refractivity contribution in [3.8, 4) is 10.8 Å². The maximum atomic E-state index is 11.7. The molecule has 0 saturated heterocycles. The number of aromatic amines is 1. The van der Waals surface area contributed by atoms with Crippen molar-refractivity contribution in [3.05, 3.63) is 16.3 Å². The summed E-state index contributed by atoms with van der Waals surface area (Å²) in [6.07, 6.45) is 1.90. The van der Waals surface area contributed by atoms with Gasteiger partial charge in [0.1, 0.15) is 6.20 Å². The Morgan fingerprint density at radius 3 is 2.94 bits per heavy atom. The fraction of sp³-hybridized carbons (Fsp3) is 0.375. The Balaban J connectivity index is 2.23. The maximum absolute atomic E-state index is 11.7. The van der Waals surface area contributed by atoms with Gasteiger partial charge in [-0.25, -0.2) is 9.97 Å². The molecule has 2 rings (SSSR count). The Labute approximate surface area is 108 Å². The normalized spacial score (nSPS) is 12.5. The third-order valence-electron chi connectivity index (χ3n) is 1.95. The molecule has 8 nitrogen and oxygen atoms in total. The highest BCUT2D eigenvalue weighted by Gasteiger charge is 2.18. The number of hydrogen-bond donors (Lipinski definition) is 1. The highest BCUT2D eigenvalue weighted by molar-refractivity contribution is 7.87. The predicted octanol–water partition coefficient (Wildman–Crippen LogP) is 1.35. The van der Waals surface area contributed by atoms with E-state index in [0.29, 0.717) is 15.1 Å². The topological polar surface area (TPSA) is 115 Å². The van der Waals surface area contributed by atoms with E-state index in [4.69, 9.17) is 0 Å². The molecule has 1 N–H and O–H groups in total. The van der Waals surface area contributed by atoms with E-state index in [2.05, 4.69) is 20.2 Å². The number of H-pyrrole nitrogens is 1. The Bertz CT molecular complexity index is 593. The molecule has 2 aromatic heterocycles. The molecule has 0 aliphatic carbocycles. The van der Waals surface area contributed by atoms with Crippen molar-refractivity contribution in [2.24, 2.45) is 0 Å². The van der Waals surface area contributed by atoms with E-state index in [1.165, 1.54) is 0 Å². The molecule has 2 heterocycles. The third-order valence-corrected chi connectivity index (χ3v) is 4.73. The second-order valence-corrected chi connectivity index (χ2v) is 6.02. The van der Waals surface area contributed by atoms with Crippen LogP contribution in [0.1, 0.15) is 13.3 Å². The van der Waals surface area contributed by atoms with Gasteiger partial charge in [0.25, 0.3) is 5.82 Å². The monoisotopic (exact) mass is 287 g/mol. The van der Waals surface area contributed by atoms with Crippen molar-refractivity contribution in [1.82, 2.24) is 20.2 Å². The fourth-order valence-electron chi connectivity index (χ4n) is 1.18. The molecule has 10 heteroatoms. The number of rotatable bonds is 5. The highest BCUT2D eigenvalue weighted by Crippen LogP contribution is 2.24. The van der Waals surface area contributed by atoms with Crippen LogP contribution in [-0.2, 0) is 10.8 Å². The number of nitro groups is 1. The average molecular weight is 287 g/mol. The zero-order valence-corrected chi connectivity index (χ0v) is 11.0. The predicted molar refractivity (Wildman–Crippen MR) is 65.7 cm³/mol. The summed E-state index contributed by atoms with van der Waals surface area (Å²) in [4.78, 5) is 16.3. The van der Waals surface area contributed by atoms with Gasteiger partial charge in [-0.15, -0.1) is 10.2 Å². The van der Waals surface area contributed by atoms with E-state index in [1.54, 1.807) is 0 Å². The number of nitrogens with one attached hydrogen (secondary N) is 1. The number of hydrogen-bond acceptors (Lipinski definition) is 7. The Kier molecular flexibility index (Phi) is 3.77. The zero-order chi connectivity index (χ0) is 13.1. The lowest BCUT2D eigenvalue weighted by molar-refractivity contribution is -0.389. The molecule has 0 amide bonds. The van der Waals surface area contributed by atoms with Crippen molar-refractivity contribution in [2.45, 2.75) is 17.7 Å². The first-order chi connectivity index (χ1) is 8.61. The summed E-state index contributed by atoms with van der Waals surface area (Å²) < 4.78 is 12.1. The lowest BCUT2D eigenvalue weighted by Crippen LogP contribution is -1.95. The second-order valence-electron chi connectivity index (χ2n) is 3.30. The molecule has 0 aromatic carbocycles. The minimum atomic E-state index is -1.17. The van der Waals surface area contributed by atoms with Crippen LogP contribution in [0.4, 0.5) is 5.82 Å². The summed E-state index contributed by atoms with van der Waals surface area (Å²) in [5, 5.41) is 18.5. The van der Waals surface area contributed by atoms with Crippen molar-refractivity contribution < 1.29 is 9.13 Å². The van der Waals surface area contributed by atoms with Crippen LogP contribution >= 0.6 is 11.3 Å². The van der Waals surface area contributed by atoms with Gasteiger partial charge in [0.15, 0.2) is 0 Å². The quantitative estimate of drug-likeness (QED) is 0.655. The number of aromatic nitrogens is 4. The van der Waals surface area contributed by atoms with E-state index in [1.807, 2.05) is 6.92 Å². The van der Waals surface area contributed by atoms with Crippen LogP contribution < -0.4 is 0 Å². The molecule has 0 spiro atoms. The van der Waals surface area contributed by atoms with Crippen LogP contribution in [0.15, 0.2) is 10.5 Å². The van der Waals surface area contributed by atoms with Gasteiger partial charge >= 0.3 is 5.82 Å². The van der Waals surface area contributed by atoms with Crippen molar-refractivity contribution in [2.75, 3.05) is 5.75 Å². The van der Waals surface area contributed by atoms with Gasteiger partial charge in [-0.2, -0.15) is 0 Å². The molecule has 0 radical (unpaired) electrons. The highest BCUT2D eigenvalue weighted by atomic mass is 32.2. The molecule has 0 aliphatic rings. The molecule has 0 aliphatic heterocycles. The summed E-state index contributed by atoms with van der Waals surface area (Å²) in [6, 6.07) is 0. The Morgan fingerprint density at radius 1 is 1.56 bits per heavy atom. The first kappa shape index (κ1) is 12.8. The Hall–Kier alpha value is -1.68. The first-order valence-corrected chi connectivity index (χ1v) is 7.17. The summed E-state index contributed by atoms with van der Waals surface area (Å²) in [5.41, 5.74) is 0. The van der Waals surface area contributed by atoms with Crippen LogP contribution in [0.2, 0.25) is 0 Å². The molecule has 0 fully saturated rings. The molecular weight excluding hydrogens is 278 g/mol. The second kappa shape index (κ2) is 5.31. The summed E-state index contributed by atoms with van der Waals surface area (Å²) >= 11 is 1.12. The van der Waals surface area contributed by atoms with Crippen LogP contribution in [0.3, 0.4) is 0 Å². The van der Waals surface area contributed by atoms with Crippen LogP contribution in [0, 0.1) is 10.1 Å². The van der Waals surface area contributed by atoms with Crippen LogP contribution in [0.25, 0.3) is 10.8 Å². The van der Waals surface area contributed by atoms with Crippen LogP contribution in [-0.4, -0.2) is 35.1 Å². The van der Waals surface area contributed by atoms with Gasteiger partial charge in [-0.3, -0.25) is 4.21 Å². The molecule has 0 bridgehead atoms. The van der Waals surface area contributed by atoms with Gasteiger partial charge in [0.05, 0.1) is 10.8 Å². The SMILES string of the molecule is CCCS(=O)c1nnc(-c2ncc([N+](=O)[O-])[nH]2)s1. The van der Waals surface area contributed by atoms with Gasteiger partial charge in [-0.05, 0) is 11.3 Å². The van der Waals surface area contributed by atoms with Crippen LogP contribution in [0.5, 0.6) is 0 Å². The van der Waals surface area contributed by atoms with E-state index in [0.717, 1.165) is 24.0 Å². The molecule has 18 heavy (non-hydrogen) atoms. The lowest BCUT2D eigenvalue weighted by Gasteiger charge is -1.90. The van der Waals surface area contributed by atoms with E-state index in [9.17, 15) is 14.3 Å². The van der Waals surface area contributed by atoms with Gasteiger partial charge in [0.2, 0.25) is 9.35 Å². The summed E-state index contributed by atoms with van der Waals surface area (Å²) in [7, 11) is -1.17. The molecular formula is C8H9N5O3S2.